The van der Waals surface area contributed by atoms with Crippen LogP contribution in [0, 0.1) is 17.8 Å². The van der Waals surface area contributed by atoms with Crippen LogP contribution < -0.4 is 0 Å². The van der Waals surface area contributed by atoms with Crippen molar-refractivity contribution in [1.29, 1.82) is 0 Å². The van der Waals surface area contributed by atoms with Crippen molar-refractivity contribution in [2.45, 2.75) is 45.1 Å². The molecule has 19 heavy (non-hydrogen) atoms. The van der Waals surface area contributed by atoms with Crippen molar-refractivity contribution < 1.29 is 19.8 Å². The number of nitrogens with zero attached hydrogens (tertiary/aromatic N) is 1. The maximum atomic E-state index is 12.4. The van der Waals surface area contributed by atoms with Crippen molar-refractivity contribution >= 4 is 11.9 Å². The first-order chi connectivity index (χ1) is 8.99. The normalized spacial score (nSPS) is 36.0. The molecule has 2 N–H and O–H groups in total. The molecule has 2 fully saturated rings. The molecule has 2 rings (SSSR count). The molecule has 5 nitrogen and oxygen atoms in total. The number of hydrogen-bond acceptors (Lipinski definition) is 3. The monoisotopic (exact) mass is 269 g/mol. The van der Waals surface area contributed by atoms with E-state index in [4.69, 9.17) is 5.11 Å². The first-order valence-electron chi connectivity index (χ1n) is 7.18. The number of amides is 1. The maximum Gasteiger partial charge on any atom is 0.306 e. The number of aliphatic hydroxyl groups excluding tert-OH is 1. The Kier molecular flexibility index (Phi) is 4.45. The predicted molar refractivity (Wildman–Crippen MR) is 69.5 cm³/mol. The van der Waals surface area contributed by atoms with Gasteiger partial charge in [0.2, 0.25) is 5.91 Å². The van der Waals surface area contributed by atoms with Crippen LogP contribution in [0.1, 0.15) is 39.0 Å². The highest BCUT2D eigenvalue weighted by molar-refractivity contribution is 5.79. The molecule has 0 aromatic heterocycles. The lowest BCUT2D eigenvalue weighted by molar-refractivity contribution is -0.146. The number of carboxylic acids is 1. The fourth-order valence-corrected chi connectivity index (χ4v) is 3.18. The highest BCUT2D eigenvalue weighted by Gasteiger charge is 2.34. The number of piperidine rings is 1. The Morgan fingerprint density at radius 3 is 2.16 bits per heavy atom. The van der Waals surface area contributed by atoms with E-state index in [1.807, 2.05) is 11.8 Å². The predicted octanol–water partition coefficient (Wildman–Crippen LogP) is 1.11. The summed E-state index contributed by atoms with van der Waals surface area (Å²) in [7, 11) is 0. The highest BCUT2D eigenvalue weighted by atomic mass is 16.4. The van der Waals surface area contributed by atoms with Crippen molar-refractivity contribution in [2.24, 2.45) is 17.8 Å². The van der Waals surface area contributed by atoms with Gasteiger partial charge in [-0.05, 0) is 38.0 Å². The van der Waals surface area contributed by atoms with Crippen LogP contribution >= 0.6 is 0 Å². The van der Waals surface area contributed by atoms with E-state index in [1.54, 1.807) is 0 Å². The van der Waals surface area contributed by atoms with Crippen LogP contribution in [0.15, 0.2) is 0 Å². The molecule has 0 aromatic carbocycles. The van der Waals surface area contributed by atoms with E-state index in [0.29, 0.717) is 45.2 Å². The van der Waals surface area contributed by atoms with Crippen LogP contribution in [0.2, 0.25) is 0 Å². The third kappa shape index (κ3) is 3.26. The van der Waals surface area contributed by atoms with E-state index >= 15 is 0 Å². The Balaban J connectivity index is 1.86. The summed E-state index contributed by atoms with van der Waals surface area (Å²) >= 11 is 0. The Hall–Kier alpha value is -1.10. The zero-order valence-corrected chi connectivity index (χ0v) is 11.4. The summed E-state index contributed by atoms with van der Waals surface area (Å²) in [6, 6.07) is 0. The van der Waals surface area contributed by atoms with Gasteiger partial charge >= 0.3 is 5.97 Å². The molecule has 1 amide bonds. The van der Waals surface area contributed by atoms with Crippen molar-refractivity contribution in [3.8, 4) is 0 Å². The zero-order chi connectivity index (χ0) is 14.0. The smallest absolute Gasteiger partial charge is 0.306 e. The van der Waals surface area contributed by atoms with Gasteiger partial charge in [0.05, 0.1) is 12.0 Å². The molecule has 1 saturated carbocycles. The lowest BCUT2D eigenvalue weighted by atomic mass is 9.81. The SMILES string of the molecule is CC1CN(C(=O)C2CCC(C(=O)O)CC2)CCC1O. The average Bonchev–Trinajstić information content (AvgIpc) is 2.41. The minimum Gasteiger partial charge on any atom is -0.481 e. The number of carbonyl (C=O) groups excluding carboxylic acids is 1. The summed E-state index contributed by atoms with van der Waals surface area (Å²) in [5.41, 5.74) is 0. The third-order valence-corrected chi connectivity index (χ3v) is 4.60. The molecular formula is C14H23NO4. The third-order valence-electron chi connectivity index (χ3n) is 4.60. The van der Waals surface area contributed by atoms with Crippen LogP contribution in [-0.2, 0) is 9.59 Å². The van der Waals surface area contributed by atoms with Gasteiger partial charge in [-0.25, -0.2) is 0 Å². The molecule has 0 radical (unpaired) electrons. The van der Waals surface area contributed by atoms with E-state index in [9.17, 15) is 14.7 Å². The molecule has 1 aliphatic heterocycles. The summed E-state index contributed by atoms with van der Waals surface area (Å²) in [5.74, 6) is -0.736. The molecular weight excluding hydrogens is 246 g/mol. The number of carboxylic acid groups (broad SMARTS) is 1. The summed E-state index contributed by atoms with van der Waals surface area (Å²) in [6.07, 6.45) is 2.94. The molecule has 2 aliphatic rings. The van der Waals surface area contributed by atoms with E-state index in [2.05, 4.69) is 0 Å². The van der Waals surface area contributed by atoms with E-state index in [1.165, 1.54) is 0 Å². The molecule has 108 valence electrons. The Bertz CT molecular complexity index is 349. The molecule has 0 bridgehead atoms. The van der Waals surface area contributed by atoms with Crippen molar-refractivity contribution in [2.75, 3.05) is 13.1 Å². The van der Waals surface area contributed by atoms with Gasteiger partial charge in [0.25, 0.3) is 0 Å². The van der Waals surface area contributed by atoms with Crippen LogP contribution in [-0.4, -0.2) is 46.2 Å². The lowest BCUT2D eigenvalue weighted by Gasteiger charge is -2.37. The van der Waals surface area contributed by atoms with E-state index in [0.717, 1.165) is 0 Å². The van der Waals surface area contributed by atoms with Gasteiger partial charge in [-0.15, -0.1) is 0 Å². The fourth-order valence-electron chi connectivity index (χ4n) is 3.18. The molecule has 1 heterocycles. The highest BCUT2D eigenvalue weighted by Crippen LogP contribution is 2.31. The van der Waals surface area contributed by atoms with Crippen molar-refractivity contribution in [3.63, 3.8) is 0 Å². The number of aliphatic hydroxyl groups is 1. The van der Waals surface area contributed by atoms with E-state index < -0.39 is 5.97 Å². The van der Waals surface area contributed by atoms with Crippen LogP contribution in [0.4, 0.5) is 0 Å². The summed E-state index contributed by atoms with van der Waals surface area (Å²) in [4.78, 5) is 25.1. The number of carbonyl (C=O) groups is 2. The van der Waals surface area contributed by atoms with Gasteiger partial charge in [-0.3, -0.25) is 9.59 Å². The maximum absolute atomic E-state index is 12.4. The molecule has 2 atom stereocenters. The van der Waals surface area contributed by atoms with Gasteiger partial charge in [-0.2, -0.15) is 0 Å². The zero-order valence-electron chi connectivity index (χ0n) is 11.4. The molecule has 0 spiro atoms. The lowest BCUT2D eigenvalue weighted by Crippen LogP contribution is -2.47. The summed E-state index contributed by atoms with van der Waals surface area (Å²) in [6.45, 7) is 3.22. The molecule has 0 aromatic rings. The minimum absolute atomic E-state index is 0.0157. The van der Waals surface area contributed by atoms with Crippen LogP contribution in [0.3, 0.4) is 0 Å². The minimum atomic E-state index is -0.736. The first-order valence-corrected chi connectivity index (χ1v) is 7.18. The topological polar surface area (TPSA) is 77.8 Å². The average molecular weight is 269 g/mol. The van der Waals surface area contributed by atoms with Gasteiger partial charge in [0.15, 0.2) is 0 Å². The Labute approximate surface area is 113 Å². The van der Waals surface area contributed by atoms with Crippen molar-refractivity contribution in [1.82, 2.24) is 4.90 Å². The second kappa shape index (κ2) is 5.90. The fraction of sp³-hybridized carbons (Fsp3) is 0.857. The van der Waals surface area contributed by atoms with Gasteiger partial charge < -0.3 is 15.1 Å². The van der Waals surface area contributed by atoms with Crippen LogP contribution in [0.25, 0.3) is 0 Å². The molecule has 5 heteroatoms. The summed E-state index contributed by atoms with van der Waals surface area (Å²) in [5, 5.41) is 18.6. The number of likely N-dealkylation sites (tertiary alicyclic amines) is 1. The molecule has 1 saturated heterocycles. The van der Waals surface area contributed by atoms with Crippen molar-refractivity contribution in [3.05, 3.63) is 0 Å². The summed E-state index contributed by atoms with van der Waals surface area (Å²) < 4.78 is 0. The largest absolute Gasteiger partial charge is 0.481 e. The second-order valence-electron chi connectivity index (χ2n) is 6.00. The van der Waals surface area contributed by atoms with Gasteiger partial charge in [0.1, 0.15) is 0 Å². The molecule has 2 unspecified atom stereocenters. The number of rotatable bonds is 2. The first kappa shape index (κ1) is 14.3. The standard InChI is InChI=1S/C14H23NO4/c1-9-8-15(7-6-12(9)16)13(17)10-2-4-11(5-3-10)14(18)19/h9-12,16H,2-8H2,1H3,(H,18,19). The quantitative estimate of drug-likeness (QED) is 0.787. The Morgan fingerprint density at radius 1 is 1.05 bits per heavy atom. The number of aliphatic carboxylic acids is 1. The van der Waals surface area contributed by atoms with E-state index in [-0.39, 0.29) is 29.8 Å². The second-order valence-corrected chi connectivity index (χ2v) is 6.00. The van der Waals surface area contributed by atoms with Gasteiger partial charge in [-0.1, -0.05) is 6.92 Å². The number of hydrogen-bond donors (Lipinski definition) is 2. The molecule has 1 aliphatic carbocycles. The van der Waals surface area contributed by atoms with Crippen LogP contribution in [0.5, 0.6) is 0 Å². The Morgan fingerprint density at radius 2 is 1.63 bits per heavy atom. The van der Waals surface area contributed by atoms with Gasteiger partial charge in [0, 0.05) is 19.0 Å².